The molecule has 0 spiro atoms. The summed E-state index contributed by atoms with van der Waals surface area (Å²) in [6.07, 6.45) is 0.426. The maximum atomic E-state index is 12.7. The first-order valence-electron chi connectivity index (χ1n) is 7.71. The lowest BCUT2D eigenvalue weighted by Gasteiger charge is -2.05. The largest absolute Gasteiger partial charge is 0.310 e. The van der Waals surface area contributed by atoms with E-state index in [1.165, 1.54) is 11.3 Å². The summed E-state index contributed by atoms with van der Waals surface area (Å²) in [5, 5.41) is 4.30. The minimum absolute atomic E-state index is 0.165. The van der Waals surface area contributed by atoms with Gasteiger partial charge in [0.1, 0.15) is 10.7 Å². The molecule has 2 aromatic heterocycles. The Kier molecular flexibility index (Phi) is 4.76. The number of fused-ring (bicyclic) bond motifs is 1. The van der Waals surface area contributed by atoms with Crippen molar-refractivity contribution >= 4 is 56.4 Å². The van der Waals surface area contributed by atoms with Gasteiger partial charge in [0.15, 0.2) is 0 Å². The molecule has 4 aromatic rings. The predicted molar refractivity (Wildman–Crippen MR) is 110 cm³/mol. The van der Waals surface area contributed by atoms with E-state index in [4.69, 9.17) is 34.8 Å². The Morgan fingerprint density at radius 1 is 1.00 bits per heavy atom. The predicted octanol–water partition coefficient (Wildman–Crippen LogP) is 6.20. The molecule has 0 aliphatic rings. The Labute approximate surface area is 168 Å². The lowest BCUT2D eigenvalue weighted by molar-refractivity contribution is 0.977. The van der Waals surface area contributed by atoms with Gasteiger partial charge in [-0.2, -0.15) is 0 Å². The number of hydrogen-bond donors (Lipinski definition) is 1. The molecule has 4 rings (SSSR count). The van der Waals surface area contributed by atoms with E-state index in [2.05, 4.69) is 9.97 Å². The SMILES string of the molecule is O=c1[nH]c(Cc2ccc(Cl)cc2Cl)nc2scc(-c3ccc(Cl)cc3)c12. The van der Waals surface area contributed by atoms with Crippen molar-refractivity contribution in [2.75, 3.05) is 0 Å². The molecule has 2 aromatic carbocycles. The number of benzene rings is 2. The van der Waals surface area contributed by atoms with Crippen molar-refractivity contribution in [1.82, 2.24) is 9.97 Å². The molecule has 26 heavy (non-hydrogen) atoms. The number of rotatable bonds is 3. The van der Waals surface area contributed by atoms with Crippen molar-refractivity contribution in [3.8, 4) is 11.1 Å². The molecule has 2 heterocycles. The Morgan fingerprint density at radius 3 is 2.46 bits per heavy atom. The molecular formula is C19H11Cl3N2OS. The van der Waals surface area contributed by atoms with Crippen LogP contribution in [0.2, 0.25) is 15.1 Å². The molecule has 0 saturated carbocycles. The molecule has 0 unspecified atom stereocenters. The fourth-order valence-corrected chi connectivity index (χ4v) is 4.33. The number of aromatic nitrogens is 2. The molecule has 1 N–H and O–H groups in total. The molecule has 0 fully saturated rings. The number of nitrogens with zero attached hydrogens (tertiary/aromatic N) is 1. The van der Waals surface area contributed by atoms with Gasteiger partial charge < -0.3 is 4.98 Å². The van der Waals surface area contributed by atoms with Crippen LogP contribution in [-0.4, -0.2) is 9.97 Å². The van der Waals surface area contributed by atoms with E-state index in [-0.39, 0.29) is 5.56 Å². The molecular weight excluding hydrogens is 411 g/mol. The first-order valence-corrected chi connectivity index (χ1v) is 9.73. The maximum absolute atomic E-state index is 12.7. The third-order valence-electron chi connectivity index (χ3n) is 4.02. The second kappa shape index (κ2) is 7.05. The molecule has 3 nitrogen and oxygen atoms in total. The molecule has 7 heteroatoms. The topological polar surface area (TPSA) is 45.8 Å². The number of hydrogen-bond acceptors (Lipinski definition) is 3. The van der Waals surface area contributed by atoms with Crippen LogP contribution in [0.4, 0.5) is 0 Å². The molecule has 130 valence electrons. The second-order valence-corrected chi connectivity index (χ2v) is 7.90. The average molecular weight is 422 g/mol. The monoisotopic (exact) mass is 420 g/mol. The molecule has 0 bridgehead atoms. The number of aromatic amines is 1. The van der Waals surface area contributed by atoms with Crippen molar-refractivity contribution in [3.63, 3.8) is 0 Å². The summed E-state index contributed by atoms with van der Waals surface area (Å²) in [5.41, 5.74) is 2.47. The highest BCUT2D eigenvalue weighted by molar-refractivity contribution is 7.17. The molecule has 0 radical (unpaired) electrons. The van der Waals surface area contributed by atoms with E-state index in [0.29, 0.717) is 37.5 Å². The van der Waals surface area contributed by atoms with Gasteiger partial charge in [-0.1, -0.05) is 53.0 Å². The van der Waals surface area contributed by atoms with Gasteiger partial charge in [-0.25, -0.2) is 4.98 Å². The molecule has 0 atom stereocenters. The van der Waals surface area contributed by atoms with E-state index >= 15 is 0 Å². The van der Waals surface area contributed by atoms with Gasteiger partial charge in [0.05, 0.1) is 5.39 Å². The van der Waals surface area contributed by atoms with Gasteiger partial charge in [-0.3, -0.25) is 4.79 Å². The summed E-state index contributed by atoms with van der Waals surface area (Å²) in [7, 11) is 0. The normalized spacial score (nSPS) is 11.2. The van der Waals surface area contributed by atoms with E-state index in [9.17, 15) is 4.79 Å². The highest BCUT2D eigenvalue weighted by atomic mass is 35.5. The summed E-state index contributed by atoms with van der Waals surface area (Å²) in [4.78, 5) is 20.8. The van der Waals surface area contributed by atoms with E-state index in [1.54, 1.807) is 24.3 Å². The standard InChI is InChI=1S/C19H11Cl3N2OS/c20-12-4-1-10(2-5-12)14-9-26-19-17(14)18(25)23-16(24-19)7-11-3-6-13(21)8-15(11)22/h1-6,8-9H,7H2,(H,23,24,25). The fourth-order valence-electron chi connectivity index (χ4n) is 2.76. The number of halogens is 3. The summed E-state index contributed by atoms with van der Waals surface area (Å²) in [6, 6.07) is 12.7. The van der Waals surface area contributed by atoms with Crippen LogP contribution < -0.4 is 5.56 Å². The minimum Gasteiger partial charge on any atom is -0.310 e. The first kappa shape index (κ1) is 17.6. The zero-order valence-corrected chi connectivity index (χ0v) is 16.3. The quantitative estimate of drug-likeness (QED) is 0.428. The highest BCUT2D eigenvalue weighted by Gasteiger charge is 2.14. The Morgan fingerprint density at radius 2 is 1.73 bits per heavy atom. The molecule has 0 aliphatic carbocycles. The van der Waals surface area contributed by atoms with Crippen molar-refractivity contribution in [3.05, 3.63) is 84.7 Å². The van der Waals surface area contributed by atoms with Crippen LogP contribution in [-0.2, 0) is 6.42 Å². The van der Waals surface area contributed by atoms with Gasteiger partial charge in [-0.15, -0.1) is 11.3 Å². The minimum atomic E-state index is -0.165. The zero-order valence-electron chi connectivity index (χ0n) is 13.2. The fraction of sp³-hybridized carbons (Fsp3) is 0.0526. The number of nitrogens with one attached hydrogen (secondary N) is 1. The van der Waals surface area contributed by atoms with E-state index < -0.39 is 0 Å². The van der Waals surface area contributed by atoms with Crippen LogP contribution in [0.25, 0.3) is 21.3 Å². The zero-order chi connectivity index (χ0) is 18.3. The molecule has 0 amide bonds. The van der Waals surface area contributed by atoms with Crippen molar-refractivity contribution in [1.29, 1.82) is 0 Å². The lowest BCUT2D eigenvalue weighted by Crippen LogP contribution is -2.11. The van der Waals surface area contributed by atoms with Crippen LogP contribution in [0.5, 0.6) is 0 Å². The first-order chi connectivity index (χ1) is 12.5. The third-order valence-corrected chi connectivity index (χ3v) is 5.73. The molecule has 0 aliphatic heterocycles. The van der Waals surface area contributed by atoms with Gasteiger partial charge in [-0.05, 0) is 35.4 Å². The maximum Gasteiger partial charge on any atom is 0.260 e. The smallest absolute Gasteiger partial charge is 0.260 e. The second-order valence-electron chi connectivity index (χ2n) is 5.76. The van der Waals surface area contributed by atoms with Gasteiger partial charge in [0.2, 0.25) is 0 Å². The Balaban J connectivity index is 1.76. The van der Waals surface area contributed by atoms with Crippen LogP contribution in [0.15, 0.2) is 52.6 Å². The third kappa shape index (κ3) is 3.38. The Hall–Kier alpha value is -1.85. The number of H-pyrrole nitrogens is 1. The van der Waals surface area contributed by atoms with Gasteiger partial charge in [0, 0.05) is 32.4 Å². The summed E-state index contributed by atoms with van der Waals surface area (Å²) >= 11 is 19.5. The lowest BCUT2D eigenvalue weighted by atomic mass is 10.1. The van der Waals surface area contributed by atoms with E-state index in [0.717, 1.165) is 16.7 Å². The van der Waals surface area contributed by atoms with Crippen LogP contribution >= 0.6 is 46.1 Å². The van der Waals surface area contributed by atoms with E-state index in [1.807, 2.05) is 23.6 Å². The van der Waals surface area contributed by atoms with Gasteiger partial charge in [0.25, 0.3) is 5.56 Å². The summed E-state index contributed by atoms with van der Waals surface area (Å²) in [5.74, 6) is 0.566. The number of thiophene rings is 1. The average Bonchev–Trinajstić information content (AvgIpc) is 3.03. The molecule has 0 saturated heterocycles. The highest BCUT2D eigenvalue weighted by Crippen LogP contribution is 2.31. The Bertz CT molecular complexity index is 1170. The van der Waals surface area contributed by atoms with Crippen LogP contribution in [0.1, 0.15) is 11.4 Å². The van der Waals surface area contributed by atoms with Crippen LogP contribution in [0, 0.1) is 0 Å². The van der Waals surface area contributed by atoms with Crippen molar-refractivity contribution in [2.45, 2.75) is 6.42 Å². The van der Waals surface area contributed by atoms with Crippen molar-refractivity contribution < 1.29 is 0 Å². The van der Waals surface area contributed by atoms with Crippen molar-refractivity contribution in [2.24, 2.45) is 0 Å². The van der Waals surface area contributed by atoms with Crippen LogP contribution in [0.3, 0.4) is 0 Å². The van der Waals surface area contributed by atoms with Gasteiger partial charge >= 0.3 is 0 Å². The summed E-state index contributed by atoms with van der Waals surface area (Å²) < 4.78 is 0. The summed E-state index contributed by atoms with van der Waals surface area (Å²) in [6.45, 7) is 0.